The maximum absolute atomic E-state index is 4.82. The predicted octanol–water partition coefficient (Wildman–Crippen LogP) is 3.45. The summed E-state index contributed by atoms with van der Waals surface area (Å²) in [5.74, 6) is 0. The van der Waals surface area contributed by atoms with Crippen molar-refractivity contribution >= 4 is 22.3 Å². The number of rotatable bonds is 4. The van der Waals surface area contributed by atoms with Crippen LogP contribution in [0.15, 0.2) is 48.8 Å². The molecule has 32 heavy (non-hydrogen) atoms. The summed E-state index contributed by atoms with van der Waals surface area (Å²) in [5.41, 5.74) is 6.04. The van der Waals surface area contributed by atoms with Gasteiger partial charge in [-0.25, -0.2) is 0 Å². The molecule has 0 bridgehead atoms. The number of nitrogens with zero attached hydrogens (tertiary/aromatic N) is 5. The highest BCUT2D eigenvalue weighted by atomic mass is 15.3. The number of benzene rings is 1. The molecule has 0 aliphatic carbocycles. The van der Waals surface area contributed by atoms with E-state index in [9.17, 15) is 0 Å². The van der Waals surface area contributed by atoms with E-state index in [1.165, 1.54) is 22.3 Å². The lowest BCUT2D eigenvalue weighted by Crippen LogP contribution is -2.56. The van der Waals surface area contributed by atoms with Crippen LogP contribution in [0.4, 0.5) is 11.4 Å². The lowest BCUT2D eigenvalue weighted by molar-refractivity contribution is 0.121. The van der Waals surface area contributed by atoms with Crippen LogP contribution in [0.5, 0.6) is 0 Å². The highest BCUT2D eigenvalue weighted by Gasteiger charge is 2.30. The molecule has 2 aliphatic rings. The van der Waals surface area contributed by atoms with Gasteiger partial charge in [0, 0.05) is 75.2 Å². The fourth-order valence-corrected chi connectivity index (χ4v) is 5.25. The first kappa shape index (κ1) is 21.2. The van der Waals surface area contributed by atoms with E-state index in [0.29, 0.717) is 12.1 Å². The lowest BCUT2D eigenvalue weighted by Gasteiger charge is -2.45. The van der Waals surface area contributed by atoms with E-state index in [0.717, 1.165) is 57.0 Å². The average molecular weight is 431 g/mol. The molecule has 2 aromatic heterocycles. The molecular weight excluding hydrogens is 396 g/mol. The third-order valence-corrected chi connectivity index (χ3v) is 7.03. The molecule has 2 aliphatic heterocycles. The Morgan fingerprint density at radius 2 is 1.72 bits per heavy atom. The number of piperazine rings is 2. The molecule has 6 heteroatoms. The molecule has 5 rings (SSSR count). The number of fused-ring (bicyclic) bond motifs is 1. The first-order valence-electron chi connectivity index (χ1n) is 11.9. The highest BCUT2D eigenvalue weighted by Crippen LogP contribution is 2.31. The SMILES string of the molecule is Cc1ccc(N2CC(C)N(Cc3ccc(N4CCNCC4)cn3)C(C)C2)c2cccnc12. The topological polar surface area (TPSA) is 47.5 Å². The first-order valence-corrected chi connectivity index (χ1v) is 11.9. The third-order valence-electron chi connectivity index (χ3n) is 7.03. The van der Waals surface area contributed by atoms with Gasteiger partial charge in [-0.1, -0.05) is 6.07 Å². The number of hydrogen-bond acceptors (Lipinski definition) is 6. The summed E-state index contributed by atoms with van der Waals surface area (Å²) in [4.78, 5) is 17.0. The van der Waals surface area contributed by atoms with Crippen molar-refractivity contribution in [3.05, 3.63) is 60.0 Å². The van der Waals surface area contributed by atoms with Crippen LogP contribution in [-0.4, -0.2) is 66.2 Å². The van der Waals surface area contributed by atoms with Gasteiger partial charge in [-0.05, 0) is 56.7 Å². The van der Waals surface area contributed by atoms with E-state index in [-0.39, 0.29) is 0 Å². The normalized spacial score (nSPS) is 22.5. The highest BCUT2D eigenvalue weighted by molar-refractivity contribution is 5.93. The minimum Gasteiger partial charge on any atom is -0.368 e. The fourth-order valence-electron chi connectivity index (χ4n) is 5.25. The first-order chi connectivity index (χ1) is 15.6. The average Bonchev–Trinajstić information content (AvgIpc) is 2.83. The molecule has 0 radical (unpaired) electrons. The second kappa shape index (κ2) is 9.04. The van der Waals surface area contributed by atoms with Gasteiger partial charge in [0.15, 0.2) is 0 Å². The molecule has 2 atom stereocenters. The van der Waals surface area contributed by atoms with Gasteiger partial charge < -0.3 is 15.1 Å². The fraction of sp³-hybridized carbons (Fsp3) is 0.462. The molecule has 1 aromatic carbocycles. The van der Waals surface area contributed by atoms with Crippen molar-refractivity contribution in [2.45, 2.75) is 39.4 Å². The van der Waals surface area contributed by atoms with Gasteiger partial charge in [-0.3, -0.25) is 14.9 Å². The quantitative estimate of drug-likeness (QED) is 0.684. The van der Waals surface area contributed by atoms with Gasteiger partial charge in [0.25, 0.3) is 0 Å². The summed E-state index contributed by atoms with van der Waals surface area (Å²) >= 11 is 0. The zero-order valence-corrected chi connectivity index (χ0v) is 19.5. The van der Waals surface area contributed by atoms with Crippen molar-refractivity contribution in [1.82, 2.24) is 20.2 Å². The Hall–Kier alpha value is -2.70. The van der Waals surface area contributed by atoms with Crippen molar-refractivity contribution in [2.24, 2.45) is 0 Å². The van der Waals surface area contributed by atoms with Crippen LogP contribution in [0.3, 0.4) is 0 Å². The minimum atomic E-state index is 0.446. The van der Waals surface area contributed by atoms with Gasteiger partial charge >= 0.3 is 0 Å². The zero-order chi connectivity index (χ0) is 22.1. The van der Waals surface area contributed by atoms with Crippen molar-refractivity contribution < 1.29 is 0 Å². The van der Waals surface area contributed by atoms with Crippen molar-refractivity contribution in [1.29, 1.82) is 0 Å². The van der Waals surface area contributed by atoms with Crippen LogP contribution in [0.25, 0.3) is 10.9 Å². The van der Waals surface area contributed by atoms with Gasteiger partial charge in [0.2, 0.25) is 0 Å². The molecule has 2 saturated heterocycles. The maximum Gasteiger partial charge on any atom is 0.0751 e. The van der Waals surface area contributed by atoms with E-state index in [1.54, 1.807) is 0 Å². The van der Waals surface area contributed by atoms with Crippen LogP contribution < -0.4 is 15.1 Å². The van der Waals surface area contributed by atoms with Gasteiger partial charge in [-0.2, -0.15) is 0 Å². The van der Waals surface area contributed by atoms with Crippen LogP contribution in [0, 0.1) is 6.92 Å². The smallest absolute Gasteiger partial charge is 0.0751 e. The summed E-state index contributed by atoms with van der Waals surface area (Å²) in [6.07, 6.45) is 3.94. The molecule has 2 fully saturated rings. The van der Waals surface area contributed by atoms with Gasteiger partial charge in [0.05, 0.1) is 23.1 Å². The van der Waals surface area contributed by atoms with Crippen LogP contribution in [0.2, 0.25) is 0 Å². The zero-order valence-electron chi connectivity index (χ0n) is 19.5. The van der Waals surface area contributed by atoms with Crippen molar-refractivity contribution in [3.63, 3.8) is 0 Å². The summed E-state index contributed by atoms with van der Waals surface area (Å²) in [5, 5.41) is 4.67. The van der Waals surface area contributed by atoms with Crippen LogP contribution >= 0.6 is 0 Å². The number of hydrogen-bond donors (Lipinski definition) is 1. The summed E-state index contributed by atoms with van der Waals surface area (Å²) in [6, 6.07) is 14.1. The Balaban J connectivity index is 1.29. The monoisotopic (exact) mass is 430 g/mol. The molecule has 2 unspecified atom stereocenters. The van der Waals surface area contributed by atoms with Gasteiger partial charge in [-0.15, -0.1) is 0 Å². The number of anilines is 2. The van der Waals surface area contributed by atoms with E-state index < -0.39 is 0 Å². The van der Waals surface area contributed by atoms with E-state index in [4.69, 9.17) is 4.98 Å². The summed E-state index contributed by atoms with van der Waals surface area (Å²) in [6.45, 7) is 13.9. The molecule has 0 spiro atoms. The number of aryl methyl sites for hydroxylation is 1. The number of aromatic nitrogens is 2. The molecule has 168 valence electrons. The molecule has 1 N–H and O–H groups in total. The Bertz CT molecular complexity index is 1050. The van der Waals surface area contributed by atoms with Gasteiger partial charge in [0.1, 0.15) is 0 Å². The second-order valence-electron chi connectivity index (χ2n) is 9.32. The molecule has 4 heterocycles. The lowest BCUT2D eigenvalue weighted by atomic mass is 10.0. The Morgan fingerprint density at radius 1 is 0.938 bits per heavy atom. The molecule has 6 nitrogen and oxygen atoms in total. The van der Waals surface area contributed by atoms with E-state index in [2.05, 4.69) is 82.3 Å². The second-order valence-corrected chi connectivity index (χ2v) is 9.32. The molecule has 0 amide bonds. The predicted molar refractivity (Wildman–Crippen MR) is 132 cm³/mol. The Labute approximate surface area is 191 Å². The molecular formula is C26H34N6. The van der Waals surface area contributed by atoms with E-state index >= 15 is 0 Å². The third kappa shape index (κ3) is 4.17. The number of pyridine rings is 2. The van der Waals surface area contributed by atoms with Crippen LogP contribution in [0.1, 0.15) is 25.1 Å². The van der Waals surface area contributed by atoms with E-state index in [1.807, 2.05) is 12.3 Å². The summed E-state index contributed by atoms with van der Waals surface area (Å²) in [7, 11) is 0. The minimum absolute atomic E-state index is 0.446. The maximum atomic E-state index is 4.82. The Morgan fingerprint density at radius 3 is 2.44 bits per heavy atom. The van der Waals surface area contributed by atoms with Crippen LogP contribution in [-0.2, 0) is 6.54 Å². The van der Waals surface area contributed by atoms with Crippen molar-refractivity contribution in [3.8, 4) is 0 Å². The Kier molecular flexibility index (Phi) is 5.98. The largest absolute Gasteiger partial charge is 0.368 e. The molecule has 3 aromatic rings. The molecule has 0 saturated carbocycles. The summed E-state index contributed by atoms with van der Waals surface area (Å²) < 4.78 is 0. The standard InChI is InChI=1S/C26H34N6/c1-19-6-9-25(24-5-4-10-28-26(19)24)31-16-20(2)32(21(3)17-31)18-22-7-8-23(15-29-22)30-13-11-27-12-14-30/h4-10,15,20-21,27H,11-14,16-18H2,1-3H3. The van der Waals surface area contributed by atoms with Crippen molar-refractivity contribution in [2.75, 3.05) is 49.1 Å². The number of nitrogens with one attached hydrogen (secondary N) is 1.